The number of carbonyl (C=O) groups excluding carboxylic acids is 1. The molecule has 1 aromatic rings. The van der Waals surface area contributed by atoms with Gasteiger partial charge in [-0.15, -0.1) is 0 Å². The summed E-state index contributed by atoms with van der Waals surface area (Å²) in [5.74, 6) is -0.0581. The summed E-state index contributed by atoms with van der Waals surface area (Å²) in [6, 6.07) is 0. The number of hydrogen-bond donors (Lipinski definition) is 1. The maximum absolute atomic E-state index is 12.1. The Labute approximate surface area is 111 Å². The van der Waals surface area contributed by atoms with Crippen LogP contribution in [-0.4, -0.2) is 32.2 Å². The van der Waals surface area contributed by atoms with Crippen molar-refractivity contribution in [3.8, 4) is 0 Å². The first-order valence-corrected chi connectivity index (χ1v) is 6.36. The van der Waals surface area contributed by atoms with Crippen molar-refractivity contribution < 1.29 is 4.79 Å². The first kappa shape index (κ1) is 12.8. The van der Waals surface area contributed by atoms with Crippen LogP contribution >= 0.6 is 12.2 Å². The van der Waals surface area contributed by atoms with Crippen LogP contribution in [0.1, 0.15) is 25.3 Å². The second kappa shape index (κ2) is 5.30. The zero-order valence-corrected chi connectivity index (χ0v) is 11.3. The van der Waals surface area contributed by atoms with Gasteiger partial charge in [0.05, 0.1) is 6.20 Å². The van der Waals surface area contributed by atoms with Crippen LogP contribution in [0.5, 0.6) is 0 Å². The van der Waals surface area contributed by atoms with Gasteiger partial charge in [-0.2, -0.15) is 5.10 Å². The number of aryl methyl sites for hydroxylation is 1. The molecule has 1 N–H and O–H groups in total. The standard InChI is InChI=1S/C12H16N4OS/c1-3-4-5-16-11(17)10(14-12(16)18)6-9-7-13-15(2)8-9/h6-8H,3-5H2,1-2H3,(H,14,18). The number of aromatic nitrogens is 2. The molecule has 1 aliphatic heterocycles. The number of unbranched alkanes of at least 4 members (excludes halogenated alkanes) is 1. The van der Waals surface area contributed by atoms with E-state index < -0.39 is 0 Å². The third-order valence-corrected chi connectivity index (χ3v) is 3.06. The van der Waals surface area contributed by atoms with Crippen LogP contribution in [0.25, 0.3) is 6.08 Å². The van der Waals surface area contributed by atoms with Crippen molar-refractivity contribution in [1.82, 2.24) is 20.0 Å². The molecule has 1 fully saturated rings. The molecule has 18 heavy (non-hydrogen) atoms. The van der Waals surface area contributed by atoms with Crippen LogP contribution < -0.4 is 5.32 Å². The average Bonchev–Trinajstić information content (AvgIpc) is 2.84. The molecule has 0 saturated carbocycles. The molecule has 1 amide bonds. The van der Waals surface area contributed by atoms with Crippen molar-refractivity contribution in [2.45, 2.75) is 19.8 Å². The van der Waals surface area contributed by atoms with E-state index in [2.05, 4.69) is 17.3 Å². The molecule has 0 radical (unpaired) electrons. The summed E-state index contributed by atoms with van der Waals surface area (Å²) >= 11 is 5.16. The smallest absolute Gasteiger partial charge is 0.276 e. The topological polar surface area (TPSA) is 50.2 Å². The minimum Gasteiger partial charge on any atom is -0.328 e. The van der Waals surface area contributed by atoms with Crippen LogP contribution in [0.15, 0.2) is 18.1 Å². The summed E-state index contributed by atoms with van der Waals surface area (Å²) in [7, 11) is 1.84. The van der Waals surface area contributed by atoms with Gasteiger partial charge in [0.2, 0.25) is 0 Å². The summed E-state index contributed by atoms with van der Waals surface area (Å²) < 4.78 is 1.69. The molecule has 0 unspecified atom stereocenters. The van der Waals surface area contributed by atoms with Gasteiger partial charge in [-0.25, -0.2) is 0 Å². The highest BCUT2D eigenvalue weighted by atomic mass is 32.1. The molecule has 0 atom stereocenters. The van der Waals surface area contributed by atoms with E-state index >= 15 is 0 Å². The fourth-order valence-electron chi connectivity index (χ4n) is 1.77. The number of carbonyl (C=O) groups is 1. The van der Waals surface area contributed by atoms with E-state index in [0.29, 0.717) is 17.4 Å². The number of rotatable bonds is 4. The summed E-state index contributed by atoms with van der Waals surface area (Å²) in [5, 5.41) is 7.50. The van der Waals surface area contributed by atoms with Gasteiger partial charge in [0, 0.05) is 25.4 Å². The molecule has 1 saturated heterocycles. The number of nitrogens with one attached hydrogen (secondary N) is 1. The highest BCUT2D eigenvalue weighted by molar-refractivity contribution is 7.80. The van der Waals surface area contributed by atoms with Crippen molar-refractivity contribution in [3.05, 3.63) is 23.7 Å². The minimum absolute atomic E-state index is 0.0581. The molecule has 5 nitrogen and oxygen atoms in total. The lowest BCUT2D eigenvalue weighted by molar-refractivity contribution is -0.122. The highest BCUT2D eigenvalue weighted by Crippen LogP contribution is 2.14. The van der Waals surface area contributed by atoms with Gasteiger partial charge in [-0.1, -0.05) is 13.3 Å². The normalized spacial score (nSPS) is 17.7. The molecule has 0 aliphatic carbocycles. The Kier molecular flexibility index (Phi) is 3.76. The van der Waals surface area contributed by atoms with Gasteiger partial charge in [0.15, 0.2) is 5.11 Å². The molecule has 2 rings (SSSR count). The van der Waals surface area contributed by atoms with Crippen molar-refractivity contribution >= 4 is 29.3 Å². The van der Waals surface area contributed by atoms with Crippen LogP contribution in [0.3, 0.4) is 0 Å². The zero-order valence-electron chi connectivity index (χ0n) is 10.5. The SMILES string of the molecule is CCCCN1C(=O)C(=Cc2cnn(C)c2)NC1=S. The second-order valence-electron chi connectivity index (χ2n) is 4.25. The fourth-order valence-corrected chi connectivity index (χ4v) is 2.06. The summed E-state index contributed by atoms with van der Waals surface area (Å²) in [6.45, 7) is 2.76. The molecule has 0 spiro atoms. The molecule has 1 aromatic heterocycles. The van der Waals surface area contributed by atoms with Crippen LogP contribution in [-0.2, 0) is 11.8 Å². The third-order valence-electron chi connectivity index (χ3n) is 2.73. The highest BCUT2D eigenvalue weighted by Gasteiger charge is 2.29. The third kappa shape index (κ3) is 2.59. The molecule has 2 heterocycles. The zero-order chi connectivity index (χ0) is 13.1. The average molecular weight is 264 g/mol. The molecule has 0 aromatic carbocycles. The van der Waals surface area contributed by atoms with Crippen molar-refractivity contribution in [3.63, 3.8) is 0 Å². The maximum atomic E-state index is 12.1. The molecule has 1 aliphatic rings. The predicted octanol–water partition coefficient (Wildman–Crippen LogP) is 1.28. The Morgan fingerprint density at radius 1 is 1.56 bits per heavy atom. The summed E-state index contributed by atoms with van der Waals surface area (Å²) in [5.41, 5.74) is 1.40. The van der Waals surface area contributed by atoms with Gasteiger partial charge in [-0.3, -0.25) is 14.4 Å². The molecule has 0 bridgehead atoms. The van der Waals surface area contributed by atoms with Crippen LogP contribution in [0.2, 0.25) is 0 Å². The Balaban J connectivity index is 2.14. The fraction of sp³-hybridized carbons (Fsp3) is 0.417. The van der Waals surface area contributed by atoms with Gasteiger partial charge >= 0.3 is 0 Å². The van der Waals surface area contributed by atoms with E-state index in [1.54, 1.807) is 21.9 Å². The Hall–Kier alpha value is -1.69. The van der Waals surface area contributed by atoms with Crippen molar-refractivity contribution in [2.75, 3.05) is 6.54 Å². The van der Waals surface area contributed by atoms with Gasteiger partial charge < -0.3 is 5.32 Å². The lowest BCUT2D eigenvalue weighted by Crippen LogP contribution is -2.31. The molecule has 6 heteroatoms. The van der Waals surface area contributed by atoms with E-state index in [9.17, 15) is 4.79 Å². The number of thiocarbonyl (C=S) groups is 1. The van der Waals surface area contributed by atoms with Gasteiger partial charge in [-0.05, 0) is 24.7 Å². The number of hydrogen-bond acceptors (Lipinski definition) is 3. The van der Waals surface area contributed by atoms with E-state index in [0.717, 1.165) is 18.4 Å². The quantitative estimate of drug-likeness (QED) is 0.657. The largest absolute Gasteiger partial charge is 0.328 e. The lowest BCUT2D eigenvalue weighted by atomic mass is 10.2. The monoisotopic (exact) mass is 264 g/mol. The Morgan fingerprint density at radius 3 is 2.94 bits per heavy atom. The second-order valence-corrected chi connectivity index (χ2v) is 4.63. The number of nitrogens with zero attached hydrogens (tertiary/aromatic N) is 3. The van der Waals surface area contributed by atoms with E-state index in [-0.39, 0.29) is 5.91 Å². The maximum Gasteiger partial charge on any atom is 0.276 e. The van der Waals surface area contributed by atoms with Gasteiger partial charge in [0.25, 0.3) is 5.91 Å². The van der Waals surface area contributed by atoms with Gasteiger partial charge in [0.1, 0.15) is 5.70 Å². The summed E-state index contributed by atoms with van der Waals surface area (Å²) in [4.78, 5) is 13.7. The van der Waals surface area contributed by atoms with Crippen molar-refractivity contribution in [1.29, 1.82) is 0 Å². The molecular weight excluding hydrogens is 248 g/mol. The lowest BCUT2D eigenvalue weighted by Gasteiger charge is -2.12. The first-order valence-electron chi connectivity index (χ1n) is 5.95. The van der Waals surface area contributed by atoms with Crippen molar-refractivity contribution in [2.24, 2.45) is 7.05 Å². The molecule has 96 valence electrons. The van der Waals surface area contributed by atoms with E-state index in [1.165, 1.54) is 0 Å². The van der Waals surface area contributed by atoms with E-state index in [4.69, 9.17) is 12.2 Å². The van der Waals surface area contributed by atoms with Crippen LogP contribution in [0, 0.1) is 0 Å². The molecular formula is C12H16N4OS. The Morgan fingerprint density at radius 2 is 2.33 bits per heavy atom. The van der Waals surface area contributed by atoms with Crippen LogP contribution in [0.4, 0.5) is 0 Å². The Bertz CT molecular complexity index is 506. The summed E-state index contributed by atoms with van der Waals surface area (Å²) in [6.07, 6.45) is 7.31. The predicted molar refractivity (Wildman–Crippen MR) is 73.5 cm³/mol. The van der Waals surface area contributed by atoms with E-state index in [1.807, 2.05) is 13.2 Å². The first-order chi connectivity index (χ1) is 8.61. The minimum atomic E-state index is -0.0581. The number of amides is 1.